The van der Waals surface area contributed by atoms with E-state index in [2.05, 4.69) is 15.3 Å². The second kappa shape index (κ2) is 11.1. The first kappa shape index (κ1) is 26.3. The minimum atomic E-state index is -0.901. The average molecular weight is 521 g/mol. The molecule has 1 unspecified atom stereocenters. The van der Waals surface area contributed by atoms with E-state index in [0.29, 0.717) is 12.3 Å². The van der Waals surface area contributed by atoms with Crippen molar-refractivity contribution in [2.75, 3.05) is 32.8 Å². The molecule has 0 bridgehead atoms. The lowest BCUT2D eigenvalue weighted by atomic mass is 10.1. The predicted molar refractivity (Wildman–Crippen MR) is 126 cm³/mol. The Morgan fingerprint density at radius 2 is 1.65 bits per heavy atom. The molecular formula is C25H26F3N3O6. The van der Waals surface area contributed by atoms with E-state index >= 15 is 0 Å². The van der Waals surface area contributed by atoms with Crippen molar-refractivity contribution in [2.24, 2.45) is 0 Å². The molecule has 1 aliphatic rings. The Morgan fingerprint density at radius 1 is 0.973 bits per heavy atom. The number of anilines is 2. The van der Waals surface area contributed by atoms with E-state index in [1.54, 1.807) is 19.9 Å². The van der Waals surface area contributed by atoms with Gasteiger partial charge in [0.2, 0.25) is 5.95 Å². The molecule has 1 fully saturated rings. The van der Waals surface area contributed by atoms with Crippen molar-refractivity contribution in [1.29, 1.82) is 0 Å². The molecule has 1 atom stereocenters. The summed E-state index contributed by atoms with van der Waals surface area (Å²) >= 11 is 0. The van der Waals surface area contributed by atoms with E-state index in [4.69, 9.17) is 28.4 Å². The zero-order valence-electron chi connectivity index (χ0n) is 20.6. The van der Waals surface area contributed by atoms with Crippen LogP contribution in [0.25, 0.3) is 0 Å². The van der Waals surface area contributed by atoms with Crippen molar-refractivity contribution in [1.82, 2.24) is 9.97 Å². The van der Waals surface area contributed by atoms with Crippen LogP contribution in [0.5, 0.6) is 23.0 Å². The Labute approximate surface area is 211 Å². The van der Waals surface area contributed by atoms with Crippen LogP contribution in [-0.2, 0) is 16.1 Å². The molecule has 2 heterocycles. The summed E-state index contributed by atoms with van der Waals surface area (Å²) in [6.07, 6.45) is 2.32. The summed E-state index contributed by atoms with van der Waals surface area (Å²) in [5.74, 6) is -3.05. The summed E-state index contributed by atoms with van der Waals surface area (Å²) in [4.78, 5) is 8.17. The lowest BCUT2D eigenvalue weighted by Gasteiger charge is -2.17. The van der Waals surface area contributed by atoms with Gasteiger partial charge in [-0.25, -0.2) is 23.1 Å². The molecule has 0 amide bonds. The van der Waals surface area contributed by atoms with Crippen LogP contribution in [0.15, 0.2) is 36.7 Å². The number of aromatic nitrogens is 2. The number of nitrogens with one attached hydrogen (secondary N) is 1. The van der Waals surface area contributed by atoms with Gasteiger partial charge in [-0.2, -0.15) is 0 Å². The number of hydrogen-bond donors (Lipinski definition) is 1. The first-order valence-electron chi connectivity index (χ1n) is 11.2. The van der Waals surface area contributed by atoms with Gasteiger partial charge in [-0.05, 0) is 26.0 Å². The molecule has 0 saturated carbocycles. The quantitative estimate of drug-likeness (QED) is 0.405. The Kier molecular flexibility index (Phi) is 7.89. The van der Waals surface area contributed by atoms with Crippen molar-refractivity contribution >= 4 is 11.6 Å². The maximum atomic E-state index is 14.5. The Bertz CT molecular complexity index is 1220. The van der Waals surface area contributed by atoms with E-state index in [0.717, 1.165) is 6.07 Å². The maximum Gasteiger partial charge on any atom is 0.227 e. The second-order valence-corrected chi connectivity index (χ2v) is 8.45. The monoisotopic (exact) mass is 521 g/mol. The average Bonchev–Trinajstić information content (AvgIpc) is 3.23. The van der Waals surface area contributed by atoms with Crippen LogP contribution in [0.4, 0.5) is 24.8 Å². The highest BCUT2D eigenvalue weighted by Gasteiger charge is 2.33. The molecule has 0 radical (unpaired) electrons. The maximum absolute atomic E-state index is 14.5. The number of ether oxygens (including phenoxy) is 6. The molecule has 3 aromatic rings. The molecule has 1 aromatic heterocycles. The Morgan fingerprint density at radius 3 is 2.22 bits per heavy atom. The van der Waals surface area contributed by atoms with Crippen molar-refractivity contribution in [3.05, 3.63) is 59.7 Å². The van der Waals surface area contributed by atoms with E-state index in [1.165, 1.54) is 38.7 Å². The molecule has 4 rings (SSSR count). The number of rotatable bonds is 10. The van der Waals surface area contributed by atoms with Gasteiger partial charge in [-0.15, -0.1) is 0 Å². The molecule has 198 valence electrons. The minimum Gasteiger partial charge on any atom is -0.494 e. The van der Waals surface area contributed by atoms with Crippen LogP contribution in [0.1, 0.15) is 19.4 Å². The van der Waals surface area contributed by atoms with Crippen molar-refractivity contribution in [3.63, 3.8) is 0 Å². The zero-order chi connectivity index (χ0) is 26.6. The van der Waals surface area contributed by atoms with Crippen molar-refractivity contribution < 1.29 is 41.6 Å². The fraction of sp³-hybridized carbons (Fsp3) is 0.360. The predicted octanol–water partition coefficient (Wildman–Crippen LogP) is 4.76. The molecule has 2 aromatic carbocycles. The van der Waals surface area contributed by atoms with E-state index < -0.39 is 29.8 Å². The van der Waals surface area contributed by atoms with E-state index in [-0.39, 0.29) is 47.2 Å². The van der Waals surface area contributed by atoms with Gasteiger partial charge in [0.15, 0.2) is 46.2 Å². The number of nitrogens with zero attached hydrogens (tertiary/aromatic N) is 2. The molecule has 0 spiro atoms. The summed E-state index contributed by atoms with van der Waals surface area (Å²) in [7, 11) is 2.52. The first-order valence-corrected chi connectivity index (χ1v) is 11.2. The fourth-order valence-electron chi connectivity index (χ4n) is 3.53. The highest BCUT2D eigenvalue weighted by atomic mass is 19.1. The molecule has 0 aliphatic carbocycles. The van der Waals surface area contributed by atoms with Crippen LogP contribution in [-0.4, -0.2) is 49.3 Å². The molecule has 1 N–H and O–H groups in total. The van der Waals surface area contributed by atoms with Crippen LogP contribution >= 0.6 is 0 Å². The first-order chi connectivity index (χ1) is 17.7. The lowest BCUT2D eigenvalue weighted by molar-refractivity contribution is -0.141. The number of hydrogen-bond acceptors (Lipinski definition) is 9. The van der Waals surface area contributed by atoms with Crippen molar-refractivity contribution in [2.45, 2.75) is 32.3 Å². The standard InChI is InChI=1S/C25H26F3N3O6/c1-25(2)36-12-16(37-25)11-35-19-6-5-14(7-18(19)26)31-24-29-9-15(10-30-24)34-13-17-22(27)20(32-3)8-21(33-4)23(17)28/h5-10,16H,11-13H2,1-4H3,(H,29,30,31). The van der Waals surface area contributed by atoms with E-state index in [1.807, 2.05) is 0 Å². The Hall–Kier alpha value is -3.77. The van der Waals surface area contributed by atoms with Crippen LogP contribution in [0.3, 0.4) is 0 Å². The second-order valence-electron chi connectivity index (χ2n) is 8.45. The summed E-state index contributed by atoms with van der Waals surface area (Å²) in [5.41, 5.74) is 0.0136. The number of benzene rings is 2. The SMILES string of the molecule is COc1cc(OC)c(F)c(COc2cnc(Nc3ccc(OCC4COC(C)(C)O4)c(F)c3)nc2)c1F. The van der Waals surface area contributed by atoms with Gasteiger partial charge in [0.05, 0.1) is 38.8 Å². The van der Waals surface area contributed by atoms with Gasteiger partial charge in [-0.3, -0.25) is 0 Å². The van der Waals surface area contributed by atoms with Gasteiger partial charge >= 0.3 is 0 Å². The minimum absolute atomic E-state index is 0.0668. The highest BCUT2D eigenvalue weighted by molar-refractivity contribution is 5.55. The largest absolute Gasteiger partial charge is 0.494 e. The Balaban J connectivity index is 1.34. The third-order valence-electron chi connectivity index (χ3n) is 5.36. The number of methoxy groups -OCH3 is 2. The fourth-order valence-corrected chi connectivity index (χ4v) is 3.53. The van der Waals surface area contributed by atoms with E-state index in [9.17, 15) is 13.2 Å². The topological polar surface area (TPSA) is 93.2 Å². The third kappa shape index (κ3) is 6.33. The van der Waals surface area contributed by atoms with Gasteiger partial charge in [-0.1, -0.05) is 0 Å². The summed E-state index contributed by atoms with van der Waals surface area (Å²) < 4.78 is 75.3. The zero-order valence-corrected chi connectivity index (χ0v) is 20.6. The summed E-state index contributed by atoms with van der Waals surface area (Å²) in [6.45, 7) is 3.65. The van der Waals surface area contributed by atoms with Crippen molar-refractivity contribution in [3.8, 4) is 23.0 Å². The van der Waals surface area contributed by atoms with Crippen LogP contribution < -0.4 is 24.3 Å². The van der Waals surface area contributed by atoms with Gasteiger partial charge in [0, 0.05) is 17.8 Å². The summed E-state index contributed by atoms with van der Waals surface area (Å²) in [5, 5.41) is 2.86. The molecule has 1 saturated heterocycles. The van der Waals surface area contributed by atoms with Gasteiger partial charge < -0.3 is 33.7 Å². The normalized spacial score (nSPS) is 16.4. The molecule has 12 heteroatoms. The lowest BCUT2D eigenvalue weighted by Crippen LogP contribution is -2.25. The number of halogens is 3. The third-order valence-corrected chi connectivity index (χ3v) is 5.36. The van der Waals surface area contributed by atoms with Gasteiger partial charge in [0.25, 0.3) is 0 Å². The molecular weight excluding hydrogens is 495 g/mol. The highest BCUT2D eigenvalue weighted by Crippen LogP contribution is 2.32. The van der Waals surface area contributed by atoms with Gasteiger partial charge in [0.1, 0.15) is 19.3 Å². The smallest absolute Gasteiger partial charge is 0.227 e. The van der Waals surface area contributed by atoms with Crippen LogP contribution in [0.2, 0.25) is 0 Å². The molecule has 1 aliphatic heterocycles. The molecule has 37 heavy (non-hydrogen) atoms. The molecule has 9 nitrogen and oxygen atoms in total. The van der Waals surface area contributed by atoms with Crippen LogP contribution in [0, 0.1) is 17.5 Å². The summed E-state index contributed by atoms with van der Waals surface area (Å²) in [6, 6.07) is 5.42.